The Labute approximate surface area is 96.8 Å². The van der Waals surface area contributed by atoms with E-state index in [-0.39, 0.29) is 12.1 Å². The Kier molecular flexibility index (Phi) is 4.33. The highest BCUT2D eigenvalue weighted by molar-refractivity contribution is 8.06. The first-order chi connectivity index (χ1) is 7.18. The zero-order valence-corrected chi connectivity index (χ0v) is 11.1. The van der Waals surface area contributed by atoms with E-state index in [9.17, 15) is 16.8 Å². The molecule has 0 bridgehead atoms. The van der Waals surface area contributed by atoms with Crippen LogP contribution in [0, 0.1) is 0 Å². The second kappa shape index (κ2) is 4.99. The zero-order chi connectivity index (χ0) is 12.4. The summed E-state index contributed by atoms with van der Waals surface area (Å²) in [5.41, 5.74) is 0. The molecule has 1 rings (SSSR count). The molecular formula is C8H18N2O4S2. The predicted molar refractivity (Wildman–Crippen MR) is 62.3 cm³/mol. The predicted octanol–water partition coefficient (Wildman–Crippen LogP) is -0.952. The molecule has 0 amide bonds. The number of sulfonamides is 1. The van der Waals surface area contributed by atoms with Gasteiger partial charge in [0.25, 0.3) is 0 Å². The molecule has 8 heteroatoms. The Bertz CT molecular complexity index is 429. The lowest BCUT2D eigenvalue weighted by Gasteiger charge is -2.28. The summed E-state index contributed by atoms with van der Waals surface area (Å²) in [6, 6.07) is 0.0858. The summed E-state index contributed by atoms with van der Waals surface area (Å²) < 4.78 is 47.3. The molecule has 0 spiro atoms. The van der Waals surface area contributed by atoms with Crippen molar-refractivity contribution in [1.29, 1.82) is 0 Å². The molecule has 96 valence electrons. The summed E-state index contributed by atoms with van der Waals surface area (Å²) in [7, 11) is -7.24. The molecule has 2 unspecified atom stereocenters. The van der Waals surface area contributed by atoms with Gasteiger partial charge < -0.3 is 5.32 Å². The molecule has 2 N–H and O–H groups in total. The molecular weight excluding hydrogens is 252 g/mol. The first-order valence-electron chi connectivity index (χ1n) is 5.09. The van der Waals surface area contributed by atoms with Gasteiger partial charge in [0.1, 0.15) is 0 Å². The van der Waals surface area contributed by atoms with E-state index >= 15 is 0 Å². The number of hydrogen-bond acceptors (Lipinski definition) is 5. The Morgan fingerprint density at radius 2 is 1.94 bits per heavy atom. The number of hydrogen-bond donors (Lipinski definition) is 2. The van der Waals surface area contributed by atoms with Crippen LogP contribution in [-0.4, -0.2) is 46.8 Å². The largest absolute Gasteiger partial charge is 0.314 e. The van der Waals surface area contributed by atoms with Crippen molar-refractivity contribution >= 4 is 19.9 Å². The van der Waals surface area contributed by atoms with Crippen LogP contribution in [0.5, 0.6) is 0 Å². The Morgan fingerprint density at radius 3 is 2.44 bits per heavy atom. The van der Waals surface area contributed by atoms with Crippen LogP contribution in [0.3, 0.4) is 0 Å². The van der Waals surface area contributed by atoms with Gasteiger partial charge in [-0.1, -0.05) is 0 Å². The highest BCUT2D eigenvalue weighted by Crippen LogP contribution is 2.09. The molecule has 0 aromatic heterocycles. The van der Waals surface area contributed by atoms with Gasteiger partial charge in [-0.15, -0.1) is 0 Å². The Balaban J connectivity index is 2.59. The van der Waals surface area contributed by atoms with E-state index in [1.807, 2.05) is 6.92 Å². The maximum absolute atomic E-state index is 11.5. The monoisotopic (exact) mass is 270 g/mol. The van der Waals surface area contributed by atoms with Gasteiger partial charge in [-0.05, 0) is 26.3 Å². The molecule has 0 radical (unpaired) electrons. The molecule has 1 aliphatic rings. The third-order valence-corrected chi connectivity index (χ3v) is 5.99. The molecule has 0 saturated carbocycles. The number of rotatable bonds is 4. The average Bonchev–Trinajstić information content (AvgIpc) is 1.96. The molecule has 0 aromatic rings. The van der Waals surface area contributed by atoms with E-state index in [0.29, 0.717) is 12.8 Å². The fourth-order valence-electron chi connectivity index (χ4n) is 1.81. The van der Waals surface area contributed by atoms with Gasteiger partial charge in [0.05, 0.1) is 0 Å². The minimum Gasteiger partial charge on any atom is -0.314 e. The SMILES string of the molecule is CC1CC(NS(=O)(=O)CS(C)(=O)=O)CCN1. The van der Waals surface area contributed by atoms with Crippen molar-refractivity contribution in [2.24, 2.45) is 0 Å². The lowest BCUT2D eigenvalue weighted by Crippen LogP contribution is -2.47. The van der Waals surface area contributed by atoms with Crippen molar-refractivity contribution in [1.82, 2.24) is 10.0 Å². The summed E-state index contributed by atoms with van der Waals surface area (Å²) >= 11 is 0. The summed E-state index contributed by atoms with van der Waals surface area (Å²) in [6.07, 6.45) is 2.29. The fraction of sp³-hybridized carbons (Fsp3) is 1.00. The third kappa shape index (κ3) is 5.24. The maximum Gasteiger partial charge on any atom is 0.226 e. The molecule has 1 fully saturated rings. The van der Waals surface area contributed by atoms with Crippen molar-refractivity contribution in [3.8, 4) is 0 Å². The minimum atomic E-state index is -3.73. The lowest BCUT2D eigenvalue weighted by molar-refractivity contribution is 0.362. The minimum absolute atomic E-state index is 0.164. The topological polar surface area (TPSA) is 92.3 Å². The van der Waals surface area contributed by atoms with Crippen LogP contribution in [0.15, 0.2) is 0 Å². The van der Waals surface area contributed by atoms with Crippen molar-refractivity contribution in [3.05, 3.63) is 0 Å². The van der Waals surface area contributed by atoms with Gasteiger partial charge >= 0.3 is 0 Å². The highest BCUT2D eigenvalue weighted by Gasteiger charge is 2.25. The molecule has 0 aromatic carbocycles. The van der Waals surface area contributed by atoms with E-state index < -0.39 is 24.9 Å². The summed E-state index contributed by atoms with van der Waals surface area (Å²) in [5, 5.41) is 2.36. The normalized spacial score (nSPS) is 27.9. The van der Waals surface area contributed by atoms with Crippen LogP contribution in [0.25, 0.3) is 0 Å². The first-order valence-corrected chi connectivity index (χ1v) is 8.80. The second-order valence-corrected chi connectivity index (χ2v) is 8.61. The zero-order valence-electron chi connectivity index (χ0n) is 9.43. The maximum atomic E-state index is 11.5. The third-order valence-electron chi connectivity index (χ3n) is 2.34. The van der Waals surface area contributed by atoms with Crippen molar-refractivity contribution in [3.63, 3.8) is 0 Å². The van der Waals surface area contributed by atoms with Gasteiger partial charge in [-0.2, -0.15) is 0 Å². The van der Waals surface area contributed by atoms with Crippen LogP contribution in [0.4, 0.5) is 0 Å². The van der Waals surface area contributed by atoms with Crippen molar-refractivity contribution in [2.75, 3.05) is 17.9 Å². The van der Waals surface area contributed by atoms with Crippen LogP contribution in [0.1, 0.15) is 19.8 Å². The van der Waals surface area contributed by atoms with E-state index in [1.54, 1.807) is 0 Å². The van der Waals surface area contributed by atoms with Crippen LogP contribution >= 0.6 is 0 Å². The first kappa shape index (κ1) is 13.9. The number of sulfone groups is 1. The van der Waals surface area contributed by atoms with E-state index in [2.05, 4.69) is 10.0 Å². The molecule has 1 saturated heterocycles. The summed E-state index contributed by atoms with van der Waals surface area (Å²) in [5.74, 6) is 0. The lowest BCUT2D eigenvalue weighted by atomic mass is 10.0. The molecule has 2 atom stereocenters. The summed E-state index contributed by atoms with van der Waals surface area (Å²) in [4.78, 5) is 0. The Hall–Kier alpha value is -0.180. The molecule has 0 aliphatic carbocycles. The van der Waals surface area contributed by atoms with Gasteiger partial charge in [-0.25, -0.2) is 21.6 Å². The van der Waals surface area contributed by atoms with Gasteiger partial charge in [0.2, 0.25) is 10.0 Å². The van der Waals surface area contributed by atoms with E-state index in [0.717, 1.165) is 12.8 Å². The molecule has 1 heterocycles. The van der Waals surface area contributed by atoms with Crippen molar-refractivity contribution < 1.29 is 16.8 Å². The van der Waals surface area contributed by atoms with Crippen LogP contribution < -0.4 is 10.0 Å². The second-order valence-electron chi connectivity index (χ2n) is 4.35. The molecule has 1 aliphatic heterocycles. The van der Waals surface area contributed by atoms with Gasteiger partial charge in [-0.3, -0.25) is 0 Å². The van der Waals surface area contributed by atoms with Crippen molar-refractivity contribution in [2.45, 2.75) is 31.8 Å². The standard InChI is InChI=1S/C8H18N2O4S2/c1-7-5-8(3-4-9-7)10-16(13,14)6-15(2,11)12/h7-10H,3-6H2,1-2H3. The van der Waals surface area contributed by atoms with E-state index in [1.165, 1.54) is 0 Å². The number of nitrogens with one attached hydrogen (secondary N) is 2. The number of piperidine rings is 1. The fourth-order valence-corrected chi connectivity index (χ4v) is 5.06. The van der Waals surface area contributed by atoms with Gasteiger partial charge in [0, 0.05) is 18.3 Å². The summed E-state index contributed by atoms with van der Waals surface area (Å²) in [6.45, 7) is 2.71. The molecule has 16 heavy (non-hydrogen) atoms. The van der Waals surface area contributed by atoms with E-state index in [4.69, 9.17) is 0 Å². The van der Waals surface area contributed by atoms with Gasteiger partial charge in [0.15, 0.2) is 14.9 Å². The van der Waals surface area contributed by atoms with Crippen LogP contribution in [0.2, 0.25) is 0 Å². The molecule has 6 nitrogen and oxygen atoms in total. The highest BCUT2D eigenvalue weighted by atomic mass is 32.3. The van der Waals surface area contributed by atoms with Crippen LogP contribution in [-0.2, 0) is 19.9 Å². The quantitative estimate of drug-likeness (QED) is 0.687. The average molecular weight is 270 g/mol. The Morgan fingerprint density at radius 1 is 1.31 bits per heavy atom. The smallest absolute Gasteiger partial charge is 0.226 e.